The second-order valence-corrected chi connectivity index (χ2v) is 10.0. The SMILES string of the molecule is CN1C(=O)c2cc(/C=C/C(=O)N3CC4C=C(c5ccccc5)CC4C3)cnc2NC(=O)C1SCO. The molecule has 5 rings (SSSR count). The zero-order valence-corrected chi connectivity index (χ0v) is 20.1. The van der Waals surface area contributed by atoms with Crippen LogP contribution in [0.1, 0.15) is 27.9 Å². The first-order chi connectivity index (χ1) is 16.9. The van der Waals surface area contributed by atoms with Crippen LogP contribution in [0.4, 0.5) is 5.82 Å². The number of nitrogens with zero attached hydrogens (tertiary/aromatic N) is 3. The minimum atomic E-state index is -0.853. The van der Waals surface area contributed by atoms with Crippen LogP contribution in [0.25, 0.3) is 11.6 Å². The molecule has 8 nitrogen and oxygen atoms in total. The maximum Gasteiger partial charge on any atom is 0.258 e. The summed E-state index contributed by atoms with van der Waals surface area (Å²) in [6.45, 7) is 1.42. The van der Waals surface area contributed by atoms with E-state index in [4.69, 9.17) is 0 Å². The highest BCUT2D eigenvalue weighted by molar-refractivity contribution is 8.00. The van der Waals surface area contributed by atoms with Crippen molar-refractivity contribution in [1.29, 1.82) is 0 Å². The third kappa shape index (κ3) is 4.61. The van der Waals surface area contributed by atoms with Crippen LogP contribution in [0.3, 0.4) is 0 Å². The van der Waals surface area contributed by atoms with Crippen LogP contribution >= 0.6 is 11.8 Å². The number of likely N-dealkylation sites (tertiary alicyclic amines) is 1. The summed E-state index contributed by atoms with van der Waals surface area (Å²) in [4.78, 5) is 45.6. The summed E-state index contributed by atoms with van der Waals surface area (Å²) < 4.78 is 0. The third-order valence-electron chi connectivity index (χ3n) is 6.77. The molecule has 2 N–H and O–H groups in total. The highest BCUT2D eigenvalue weighted by atomic mass is 32.2. The number of carbonyl (C=O) groups is 3. The Morgan fingerprint density at radius 2 is 2.06 bits per heavy atom. The first-order valence-electron chi connectivity index (χ1n) is 11.5. The van der Waals surface area contributed by atoms with Crippen molar-refractivity contribution in [3.8, 4) is 0 Å². The van der Waals surface area contributed by atoms with Gasteiger partial charge in [0.15, 0.2) is 5.37 Å². The second kappa shape index (κ2) is 9.67. The molecule has 0 saturated carbocycles. The van der Waals surface area contributed by atoms with E-state index in [0.717, 1.165) is 24.7 Å². The fraction of sp³-hybridized carbons (Fsp3) is 0.308. The van der Waals surface area contributed by atoms with E-state index in [0.29, 0.717) is 23.9 Å². The molecule has 2 aliphatic heterocycles. The number of rotatable bonds is 5. The maximum absolute atomic E-state index is 12.9. The molecule has 3 heterocycles. The van der Waals surface area contributed by atoms with Gasteiger partial charge in [0.05, 0.1) is 11.5 Å². The molecule has 35 heavy (non-hydrogen) atoms. The van der Waals surface area contributed by atoms with Crippen LogP contribution in [0.2, 0.25) is 0 Å². The molecule has 180 valence electrons. The molecule has 1 saturated heterocycles. The van der Waals surface area contributed by atoms with Crippen LogP contribution in [-0.4, -0.2) is 69.1 Å². The zero-order chi connectivity index (χ0) is 24.5. The summed E-state index contributed by atoms with van der Waals surface area (Å²) >= 11 is 0.947. The van der Waals surface area contributed by atoms with Gasteiger partial charge in [0.1, 0.15) is 5.82 Å². The van der Waals surface area contributed by atoms with E-state index in [1.54, 1.807) is 12.1 Å². The molecule has 3 amide bonds. The van der Waals surface area contributed by atoms with Gasteiger partial charge in [-0.25, -0.2) is 4.98 Å². The third-order valence-corrected chi connectivity index (χ3v) is 7.77. The van der Waals surface area contributed by atoms with Gasteiger partial charge in [-0.3, -0.25) is 14.4 Å². The van der Waals surface area contributed by atoms with Crippen molar-refractivity contribution in [3.63, 3.8) is 0 Å². The molecule has 1 aromatic heterocycles. The number of nitrogens with one attached hydrogen (secondary N) is 1. The summed E-state index contributed by atoms with van der Waals surface area (Å²) in [6.07, 6.45) is 7.97. The van der Waals surface area contributed by atoms with Crippen molar-refractivity contribution in [1.82, 2.24) is 14.8 Å². The number of hydrogen-bond donors (Lipinski definition) is 2. The Morgan fingerprint density at radius 3 is 2.80 bits per heavy atom. The first-order valence-corrected chi connectivity index (χ1v) is 12.5. The molecule has 3 atom stereocenters. The molecule has 1 aliphatic carbocycles. The van der Waals surface area contributed by atoms with Gasteiger partial charge in [0.2, 0.25) is 5.91 Å². The number of aliphatic hydroxyl groups excluding tert-OH is 1. The molecular formula is C26H26N4O4S. The standard InChI is InChI=1S/C26H26N4O4S/c1-29-25(34)21-9-16(12-27-23(21)28-24(33)26(29)35-15-31)7-8-22(32)30-13-19-10-18(11-20(19)14-30)17-5-3-2-4-6-17/h2-10,12,19-20,26,31H,11,13-15H2,1H3,(H,27,28,33)/b8-7+. The lowest BCUT2D eigenvalue weighted by Crippen LogP contribution is -2.40. The fourth-order valence-electron chi connectivity index (χ4n) is 4.97. The van der Waals surface area contributed by atoms with E-state index < -0.39 is 11.3 Å². The van der Waals surface area contributed by atoms with Crippen LogP contribution in [0.5, 0.6) is 0 Å². The van der Waals surface area contributed by atoms with E-state index in [1.807, 2.05) is 23.1 Å². The van der Waals surface area contributed by atoms with Crippen LogP contribution < -0.4 is 5.32 Å². The molecule has 1 aromatic carbocycles. The van der Waals surface area contributed by atoms with Gasteiger partial charge >= 0.3 is 0 Å². The Kier molecular flexibility index (Phi) is 6.44. The molecule has 3 unspecified atom stereocenters. The molecule has 9 heteroatoms. The Morgan fingerprint density at radius 1 is 1.26 bits per heavy atom. The van der Waals surface area contributed by atoms with E-state index in [-0.39, 0.29) is 29.1 Å². The number of likely N-dealkylation sites (N-methyl/N-ethyl adjacent to an activating group) is 1. The topological polar surface area (TPSA) is 103 Å². The van der Waals surface area contributed by atoms with Gasteiger partial charge in [-0.15, -0.1) is 0 Å². The summed E-state index contributed by atoms with van der Waals surface area (Å²) in [5, 5.41) is 11.0. The Hall–Kier alpha value is -3.43. The van der Waals surface area contributed by atoms with Crippen molar-refractivity contribution >= 4 is 47.0 Å². The molecule has 2 aromatic rings. The number of amides is 3. The Balaban J connectivity index is 1.26. The summed E-state index contributed by atoms with van der Waals surface area (Å²) in [6, 6.07) is 12.0. The fourth-order valence-corrected chi connectivity index (χ4v) is 5.64. The normalized spacial score (nSPS) is 23.7. The summed E-state index contributed by atoms with van der Waals surface area (Å²) in [7, 11) is 1.51. The van der Waals surface area contributed by atoms with Gasteiger partial charge in [-0.2, -0.15) is 0 Å². The average Bonchev–Trinajstić information content (AvgIpc) is 3.44. The van der Waals surface area contributed by atoms with E-state index in [2.05, 4.69) is 28.5 Å². The summed E-state index contributed by atoms with van der Waals surface area (Å²) in [5.74, 6) is -0.182. The number of allylic oxidation sites excluding steroid dienone is 1. The minimum absolute atomic E-state index is 0.0693. The lowest BCUT2D eigenvalue weighted by atomic mass is 9.98. The number of anilines is 1. The van der Waals surface area contributed by atoms with Gasteiger partial charge in [-0.05, 0) is 47.1 Å². The highest BCUT2D eigenvalue weighted by Crippen LogP contribution is 2.41. The Labute approximate surface area is 207 Å². The Bertz CT molecular complexity index is 1230. The van der Waals surface area contributed by atoms with E-state index in [9.17, 15) is 19.5 Å². The van der Waals surface area contributed by atoms with Crippen molar-refractivity contribution < 1.29 is 19.5 Å². The van der Waals surface area contributed by atoms with Crippen molar-refractivity contribution in [2.45, 2.75) is 11.8 Å². The van der Waals surface area contributed by atoms with Crippen molar-refractivity contribution in [2.24, 2.45) is 11.8 Å². The van der Waals surface area contributed by atoms with Gasteiger partial charge in [0.25, 0.3) is 11.8 Å². The number of pyridine rings is 1. The number of hydrogen-bond acceptors (Lipinski definition) is 6. The highest BCUT2D eigenvalue weighted by Gasteiger charge is 2.38. The molecule has 1 fully saturated rings. The number of carbonyl (C=O) groups excluding carboxylic acids is 3. The van der Waals surface area contributed by atoms with Crippen molar-refractivity contribution in [3.05, 3.63) is 71.4 Å². The average molecular weight is 491 g/mol. The first kappa shape index (κ1) is 23.3. The number of aromatic nitrogens is 1. The largest absolute Gasteiger partial charge is 0.386 e. The van der Waals surface area contributed by atoms with Gasteiger partial charge in [-0.1, -0.05) is 48.2 Å². The maximum atomic E-state index is 12.9. The predicted octanol–water partition coefficient (Wildman–Crippen LogP) is 2.69. The van der Waals surface area contributed by atoms with Crippen LogP contribution in [0.15, 0.2) is 54.7 Å². The number of fused-ring (bicyclic) bond motifs is 2. The molecule has 0 spiro atoms. The van der Waals surface area contributed by atoms with Crippen LogP contribution in [0, 0.1) is 11.8 Å². The van der Waals surface area contributed by atoms with E-state index in [1.165, 1.54) is 35.4 Å². The summed E-state index contributed by atoms with van der Waals surface area (Å²) in [5.41, 5.74) is 3.45. The smallest absolute Gasteiger partial charge is 0.258 e. The lowest BCUT2D eigenvalue weighted by Gasteiger charge is -2.22. The molecule has 0 bridgehead atoms. The van der Waals surface area contributed by atoms with Crippen LogP contribution in [-0.2, 0) is 9.59 Å². The monoisotopic (exact) mass is 490 g/mol. The minimum Gasteiger partial charge on any atom is -0.386 e. The molecule has 0 radical (unpaired) electrons. The quantitative estimate of drug-likeness (QED) is 0.494. The lowest BCUT2D eigenvalue weighted by molar-refractivity contribution is -0.125. The molecular weight excluding hydrogens is 464 g/mol. The van der Waals surface area contributed by atoms with E-state index >= 15 is 0 Å². The van der Waals surface area contributed by atoms with Crippen molar-refractivity contribution in [2.75, 3.05) is 31.4 Å². The second-order valence-electron chi connectivity index (χ2n) is 8.98. The molecule has 3 aliphatic rings. The number of benzene rings is 1. The van der Waals surface area contributed by atoms with Gasteiger partial charge < -0.3 is 20.2 Å². The zero-order valence-electron chi connectivity index (χ0n) is 19.3. The van der Waals surface area contributed by atoms with Gasteiger partial charge in [0, 0.05) is 32.4 Å². The number of aliphatic hydroxyl groups is 1. The number of thioether (sulfide) groups is 1. The predicted molar refractivity (Wildman–Crippen MR) is 135 cm³/mol.